The zero-order valence-electron chi connectivity index (χ0n) is 9.83. The minimum absolute atomic E-state index is 0.146. The molecule has 0 unspecified atom stereocenters. The molecule has 88 valence electrons. The zero-order valence-corrected chi connectivity index (χ0v) is 10.6. The summed E-state index contributed by atoms with van der Waals surface area (Å²) >= 11 is 6.21. The third kappa shape index (κ3) is 2.14. The van der Waals surface area contributed by atoms with Gasteiger partial charge in [-0.25, -0.2) is 0 Å². The minimum atomic E-state index is 0.146. The highest BCUT2D eigenvalue weighted by atomic mass is 35.5. The molecule has 0 N–H and O–H groups in total. The lowest BCUT2D eigenvalue weighted by Crippen LogP contribution is -2.01. The Morgan fingerprint density at radius 3 is 2.31 bits per heavy atom. The van der Waals surface area contributed by atoms with Gasteiger partial charge in [0.15, 0.2) is 17.8 Å². The molecule has 0 atom stereocenters. The van der Waals surface area contributed by atoms with Gasteiger partial charge in [0.05, 0.1) is 19.2 Å². The second kappa shape index (κ2) is 5.21. The summed E-state index contributed by atoms with van der Waals surface area (Å²) in [5.41, 5.74) is 1.33. The van der Waals surface area contributed by atoms with Gasteiger partial charge < -0.3 is 9.47 Å². The monoisotopic (exact) mass is 242 g/mol. The van der Waals surface area contributed by atoms with Crippen molar-refractivity contribution in [2.75, 3.05) is 14.2 Å². The zero-order chi connectivity index (χ0) is 12.3. The molecule has 0 saturated carbocycles. The average Bonchev–Trinajstić information content (AvgIpc) is 2.26. The van der Waals surface area contributed by atoms with E-state index in [1.807, 2.05) is 13.8 Å². The number of halogens is 1. The number of methoxy groups -OCH3 is 2. The Hall–Kier alpha value is -1.22. The van der Waals surface area contributed by atoms with Gasteiger partial charge in [-0.2, -0.15) is 0 Å². The number of carbonyl (C=O) groups excluding carboxylic acids is 1. The van der Waals surface area contributed by atoms with Crippen LogP contribution < -0.4 is 9.47 Å². The molecule has 1 aromatic carbocycles. The van der Waals surface area contributed by atoms with Crippen LogP contribution in [0.2, 0.25) is 5.02 Å². The fourth-order valence-corrected chi connectivity index (χ4v) is 2.17. The summed E-state index contributed by atoms with van der Waals surface area (Å²) in [5.74, 6) is 1.09. The summed E-state index contributed by atoms with van der Waals surface area (Å²) in [6, 6.07) is 1.65. The van der Waals surface area contributed by atoms with Gasteiger partial charge in [0, 0.05) is 5.56 Å². The number of ether oxygens (including phenoxy) is 2. The molecule has 0 aliphatic carbocycles. The lowest BCUT2D eigenvalue weighted by atomic mass is 9.97. The lowest BCUT2D eigenvalue weighted by Gasteiger charge is -2.17. The van der Waals surface area contributed by atoms with Gasteiger partial charge in [0.2, 0.25) is 0 Å². The van der Waals surface area contributed by atoms with Crippen molar-refractivity contribution in [2.24, 2.45) is 0 Å². The summed E-state index contributed by atoms with van der Waals surface area (Å²) in [6.45, 7) is 3.94. The lowest BCUT2D eigenvalue weighted by molar-refractivity contribution is 0.112. The molecule has 1 rings (SSSR count). The van der Waals surface area contributed by atoms with Crippen molar-refractivity contribution in [1.82, 2.24) is 0 Å². The van der Waals surface area contributed by atoms with E-state index in [0.717, 1.165) is 11.8 Å². The summed E-state index contributed by atoms with van der Waals surface area (Å²) in [6.07, 6.45) is 0.781. The van der Waals surface area contributed by atoms with Gasteiger partial charge in [0.1, 0.15) is 0 Å². The Morgan fingerprint density at radius 2 is 1.94 bits per heavy atom. The van der Waals surface area contributed by atoms with Crippen LogP contribution in [0.1, 0.15) is 35.7 Å². The van der Waals surface area contributed by atoms with E-state index < -0.39 is 0 Å². The average molecular weight is 243 g/mol. The maximum absolute atomic E-state index is 11.0. The highest BCUT2D eigenvalue weighted by Crippen LogP contribution is 2.41. The van der Waals surface area contributed by atoms with Gasteiger partial charge in [0.25, 0.3) is 0 Å². The van der Waals surface area contributed by atoms with Gasteiger partial charge >= 0.3 is 0 Å². The van der Waals surface area contributed by atoms with Crippen molar-refractivity contribution in [2.45, 2.75) is 19.8 Å². The van der Waals surface area contributed by atoms with Crippen LogP contribution in [0.3, 0.4) is 0 Å². The van der Waals surface area contributed by atoms with Crippen molar-refractivity contribution in [3.05, 3.63) is 22.2 Å². The molecular formula is C12H15ClO3. The normalized spacial score (nSPS) is 10.4. The largest absolute Gasteiger partial charge is 0.493 e. The number of carbonyl (C=O) groups is 1. The van der Waals surface area contributed by atoms with Crippen LogP contribution in [0.5, 0.6) is 11.5 Å². The SMILES string of the molecule is COc1cc(C=O)c(C(C)C)c(Cl)c1OC. The first kappa shape index (κ1) is 12.8. The second-order valence-corrected chi connectivity index (χ2v) is 4.08. The fraction of sp³-hybridized carbons (Fsp3) is 0.417. The first-order valence-electron chi connectivity index (χ1n) is 4.96. The van der Waals surface area contributed by atoms with Gasteiger partial charge in [-0.15, -0.1) is 0 Å². The molecule has 0 spiro atoms. The van der Waals surface area contributed by atoms with Gasteiger partial charge in [-0.3, -0.25) is 4.79 Å². The van der Waals surface area contributed by atoms with E-state index >= 15 is 0 Å². The number of rotatable bonds is 4. The minimum Gasteiger partial charge on any atom is -0.493 e. The van der Waals surface area contributed by atoms with Gasteiger partial charge in [-0.05, 0) is 17.5 Å². The molecule has 0 radical (unpaired) electrons. The predicted octanol–water partition coefficient (Wildman–Crippen LogP) is 3.29. The second-order valence-electron chi connectivity index (χ2n) is 3.70. The Balaban J connectivity index is 3.54. The van der Waals surface area contributed by atoms with E-state index in [1.165, 1.54) is 14.2 Å². The standard InChI is InChI=1S/C12H15ClO3/c1-7(2)10-8(6-14)5-9(15-3)12(16-4)11(10)13/h5-7H,1-4H3. The molecule has 0 saturated heterocycles. The van der Waals surface area contributed by atoms with Crippen LogP contribution in [0.15, 0.2) is 6.07 Å². The predicted molar refractivity (Wildman–Crippen MR) is 64.0 cm³/mol. The molecule has 1 aromatic rings. The van der Waals surface area contributed by atoms with Crippen molar-refractivity contribution >= 4 is 17.9 Å². The third-order valence-electron chi connectivity index (χ3n) is 2.39. The molecule has 0 heterocycles. The molecular weight excluding hydrogens is 228 g/mol. The topological polar surface area (TPSA) is 35.5 Å². The number of hydrogen-bond donors (Lipinski definition) is 0. The Labute approximate surface area is 100 Å². The van der Waals surface area contributed by atoms with Crippen LogP contribution >= 0.6 is 11.6 Å². The van der Waals surface area contributed by atoms with Crippen LogP contribution in [0, 0.1) is 0 Å². The summed E-state index contributed by atoms with van der Waals surface area (Å²) in [5, 5.41) is 0.443. The molecule has 0 fully saturated rings. The van der Waals surface area contributed by atoms with Crippen molar-refractivity contribution in [3.63, 3.8) is 0 Å². The van der Waals surface area contributed by atoms with E-state index in [4.69, 9.17) is 21.1 Å². The van der Waals surface area contributed by atoms with Crippen LogP contribution in [0.25, 0.3) is 0 Å². The van der Waals surface area contributed by atoms with Crippen LogP contribution in [0.4, 0.5) is 0 Å². The molecule has 3 nitrogen and oxygen atoms in total. The smallest absolute Gasteiger partial charge is 0.179 e. The maximum Gasteiger partial charge on any atom is 0.179 e. The Morgan fingerprint density at radius 1 is 1.31 bits per heavy atom. The summed E-state index contributed by atoms with van der Waals surface area (Å²) < 4.78 is 10.3. The van der Waals surface area contributed by atoms with Crippen LogP contribution in [-0.2, 0) is 0 Å². The summed E-state index contributed by atoms with van der Waals surface area (Å²) in [4.78, 5) is 11.0. The first-order chi connectivity index (χ1) is 7.56. The van der Waals surface area contributed by atoms with E-state index in [2.05, 4.69) is 0 Å². The number of aldehydes is 1. The Bertz CT molecular complexity index is 400. The van der Waals surface area contributed by atoms with E-state index in [-0.39, 0.29) is 5.92 Å². The van der Waals surface area contributed by atoms with Crippen molar-refractivity contribution in [1.29, 1.82) is 0 Å². The first-order valence-corrected chi connectivity index (χ1v) is 5.34. The molecule has 4 heteroatoms. The van der Waals surface area contributed by atoms with Gasteiger partial charge in [-0.1, -0.05) is 25.4 Å². The molecule has 0 aliphatic heterocycles. The molecule has 0 amide bonds. The highest BCUT2D eigenvalue weighted by Gasteiger charge is 2.19. The fourth-order valence-electron chi connectivity index (χ4n) is 1.67. The molecule has 16 heavy (non-hydrogen) atoms. The van der Waals surface area contributed by atoms with Crippen molar-refractivity contribution < 1.29 is 14.3 Å². The van der Waals surface area contributed by atoms with Crippen molar-refractivity contribution in [3.8, 4) is 11.5 Å². The number of benzene rings is 1. The van der Waals surface area contributed by atoms with E-state index in [9.17, 15) is 4.79 Å². The Kier molecular flexibility index (Phi) is 4.19. The number of hydrogen-bond acceptors (Lipinski definition) is 3. The summed E-state index contributed by atoms with van der Waals surface area (Å²) in [7, 11) is 3.03. The molecule has 0 aromatic heterocycles. The van der Waals surface area contributed by atoms with E-state index in [1.54, 1.807) is 6.07 Å². The third-order valence-corrected chi connectivity index (χ3v) is 2.76. The van der Waals surface area contributed by atoms with E-state index in [0.29, 0.717) is 22.1 Å². The quantitative estimate of drug-likeness (QED) is 0.760. The highest BCUT2D eigenvalue weighted by molar-refractivity contribution is 6.33. The molecule has 0 aliphatic rings. The maximum atomic E-state index is 11.0. The molecule has 0 bridgehead atoms. The van der Waals surface area contributed by atoms with Crippen LogP contribution in [-0.4, -0.2) is 20.5 Å².